The molecule has 3 N–H and O–H groups in total. The topological polar surface area (TPSA) is 79.9 Å². The van der Waals surface area contributed by atoms with E-state index in [0.29, 0.717) is 32.8 Å². The van der Waals surface area contributed by atoms with Crippen LogP contribution >= 0.6 is 0 Å². The fourth-order valence-corrected chi connectivity index (χ4v) is 1.99. The molecule has 100 valence electrons. The lowest BCUT2D eigenvalue weighted by Gasteiger charge is -2.26. The van der Waals surface area contributed by atoms with Crippen LogP contribution in [0.4, 0.5) is 0 Å². The van der Waals surface area contributed by atoms with Crippen LogP contribution < -0.4 is 11.1 Å². The smallest absolute Gasteiger partial charge is 0.269 e. The van der Waals surface area contributed by atoms with Crippen molar-refractivity contribution in [2.45, 2.75) is 6.42 Å². The molecule has 2 aliphatic rings. The predicted octanol–water partition coefficient (Wildman–Crippen LogP) is -0.878. The van der Waals surface area contributed by atoms with Crippen molar-refractivity contribution >= 4 is 11.6 Å². The molecule has 0 aliphatic carbocycles. The molecule has 1 amide bonds. The molecule has 0 unspecified atom stereocenters. The Balaban J connectivity index is 1.97. The summed E-state index contributed by atoms with van der Waals surface area (Å²) < 4.78 is 5.21. The zero-order valence-electron chi connectivity index (χ0n) is 10.5. The van der Waals surface area contributed by atoms with E-state index in [1.807, 2.05) is 0 Å². The molecule has 18 heavy (non-hydrogen) atoms. The van der Waals surface area contributed by atoms with Gasteiger partial charge in [0.2, 0.25) is 0 Å². The average Bonchev–Trinajstić information content (AvgIpc) is 2.67. The van der Waals surface area contributed by atoms with Gasteiger partial charge in [0, 0.05) is 26.2 Å². The Bertz CT molecular complexity index is 359. The van der Waals surface area contributed by atoms with E-state index in [4.69, 9.17) is 10.5 Å². The molecule has 6 heteroatoms. The summed E-state index contributed by atoms with van der Waals surface area (Å²) in [6, 6.07) is 0. The number of hydrogen-bond donors (Lipinski definition) is 2. The summed E-state index contributed by atoms with van der Waals surface area (Å²) in [6.07, 6.45) is 2.71. The van der Waals surface area contributed by atoms with E-state index < -0.39 is 0 Å². The van der Waals surface area contributed by atoms with Crippen molar-refractivity contribution in [3.05, 3.63) is 11.8 Å². The van der Waals surface area contributed by atoms with E-state index in [0.717, 1.165) is 25.2 Å². The molecule has 0 atom stereocenters. The Morgan fingerprint density at radius 1 is 1.44 bits per heavy atom. The van der Waals surface area contributed by atoms with Crippen molar-refractivity contribution < 1.29 is 9.53 Å². The van der Waals surface area contributed by atoms with E-state index in [-0.39, 0.29) is 11.6 Å². The zero-order valence-corrected chi connectivity index (χ0v) is 10.5. The van der Waals surface area contributed by atoms with Gasteiger partial charge < -0.3 is 20.7 Å². The van der Waals surface area contributed by atoms with Gasteiger partial charge >= 0.3 is 0 Å². The van der Waals surface area contributed by atoms with Gasteiger partial charge in [-0.25, -0.2) is 0 Å². The van der Waals surface area contributed by atoms with Gasteiger partial charge in [0.1, 0.15) is 0 Å². The van der Waals surface area contributed by atoms with Crippen LogP contribution in [0.5, 0.6) is 0 Å². The SMILES string of the molecule is N/C(=C\C1=NCCCNC1)C(=O)N1CCOCC1. The molecule has 0 aromatic rings. The van der Waals surface area contributed by atoms with Gasteiger partial charge in [0.05, 0.1) is 24.6 Å². The molecular formula is C12H20N4O2. The summed E-state index contributed by atoms with van der Waals surface area (Å²) in [5.41, 5.74) is 6.97. The Morgan fingerprint density at radius 2 is 2.22 bits per heavy atom. The normalized spacial score (nSPS) is 22.3. The van der Waals surface area contributed by atoms with E-state index in [2.05, 4.69) is 10.3 Å². The molecule has 0 saturated carbocycles. The van der Waals surface area contributed by atoms with Gasteiger partial charge in [-0.05, 0) is 19.0 Å². The van der Waals surface area contributed by atoms with Crippen LogP contribution in [0, 0.1) is 0 Å². The molecule has 0 aromatic heterocycles. The number of nitrogens with zero attached hydrogens (tertiary/aromatic N) is 2. The zero-order chi connectivity index (χ0) is 12.8. The summed E-state index contributed by atoms with van der Waals surface area (Å²) >= 11 is 0. The lowest BCUT2D eigenvalue weighted by atomic mass is 10.2. The molecule has 0 radical (unpaired) electrons. The van der Waals surface area contributed by atoms with Gasteiger partial charge in [0.25, 0.3) is 5.91 Å². The van der Waals surface area contributed by atoms with E-state index >= 15 is 0 Å². The van der Waals surface area contributed by atoms with Crippen molar-refractivity contribution in [2.75, 3.05) is 45.9 Å². The van der Waals surface area contributed by atoms with Crippen LogP contribution in [0.25, 0.3) is 0 Å². The molecule has 0 spiro atoms. The van der Waals surface area contributed by atoms with Crippen LogP contribution in [-0.4, -0.2) is 62.5 Å². The monoisotopic (exact) mass is 252 g/mol. The molecule has 0 aromatic carbocycles. The summed E-state index contributed by atoms with van der Waals surface area (Å²) in [4.78, 5) is 18.2. The van der Waals surface area contributed by atoms with Crippen LogP contribution in [0.1, 0.15) is 6.42 Å². The maximum Gasteiger partial charge on any atom is 0.269 e. The first-order valence-electron chi connectivity index (χ1n) is 6.35. The number of carbonyl (C=O) groups excluding carboxylic acids is 1. The third kappa shape index (κ3) is 3.54. The summed E-state index contributed by atoms with van der Waals surface area (Å²) in [5.74, 6) is -0.120. The van der Waals surface area contributed by atoms with Crippen molar-refractivity contribution in [2.24, 2.45) is 10.7 Å². The molecule has 2 heterocycles. The Kier molecular flexibility index (Phi) is 4.72. The Morgan fingerprint density at radius 3 is 3.00 bits per heavy atom. The number of hydrogen-bond acceptors (Lipinski definition) is 5. The van der Waals surface area contributed by atoms with Crippen LogP contribution in [-0.2, 0) is 9.53 Å². The molecule has 2 rings (SSSR count). The first-order chi connectivity index (χ1) is 8.77. The van der Waals surface area contributed by atoms with Gasteiger partial charge in [0.15, 0.2) is 0 Å². The average molecular weight is 252 g/mol. The third-order valence-electron chi connectivity index (χ3n) is 3.00. The van der Waals surface area contributed by atoms with E-state index in [1.165, 1.54) is 0 Å². The molecule has 0 bridgehead atoms. The standard InChI is InChI=1S/C12H20N4O2/c13-11(8-10-9-14-2-1-3-15-10)12(17)16-4-6-18-7-5-16/h8,14H,1-7,9,13H2/b11-8-. The first-order valence-corrected chi connectivity index (χ1v) is 6.35. The number of nitrogens with one attached hydrogen (secondary N) is 1. The number of nitrogens with two attached hydrogens (primary N) is 1. The summed E-state index contributed by atoms with van der Waals surface area (Å²) in [7, 11) is 0. The number of morpholine rings is 1. The first kappa shape index (κ1) is 13.0. The minimum absolute atomic E-state index is 0.120. The second kappa shape index (κ2) is 6.51. The van der Waals surface area contributed by atoms with Gasteiger partial charge in [-0.15, -0.1) is 0 Å². The maximum atomic E-state index is 12.1. The number of rotatable bonds is 2. The summed E-state index contributed by atoms with van der Waals surface area (Å²) in [5, 5.41) is 3.25. The predicted molar refractivity (Wildman–Crippen MR) is 69.5 cm³/mol. The molecule has 6 nitrogen and oxygen atoms in total. The van der Waals surface area contributed by atoms with Crippen LogP contribution in [0.2, 0.25) is 0 Å². The lowest BCUT2D eigenvalue weighted by molar-refractivity contribution is -0.131. The highest BCUT2D eigenvalue weighted by Gasteiger charge is 2.19. The second-order valence-electron chi connectivity index (χ2n) is 4.41. The third-order valence-corrected chi connectivity index (χ3v) is 3.00. The minimum atomic E-state index is -0.120. The largest absolute Gasteiger partial charge is 0.394 e. The maximum absolute atomic E-state index is 12.1. The second-order valence-corrected chi connectivity index (χ2v) is 4.41. The van der Waals surface area contributed by atoms with Gasteiger partial charge in [-0.3, -0.25) is 9.79 Å². The minimum Gasteiger partial charge on any atom is -0.394 e. The van der Waals surface area contributed by atoms with Crippen molar-refractivity contribution in [3.63, 3.8) is 0 Å². The molecule has 1 saturated heterocycles. The van der Waals surface area contributed by atoms with Gasteiger partial charge in [-0.1, -0.05) is 0 Å². The Labute approximate surface area is 107 Å². The summed E-state index contributed by atoms with van der Waals surface area (Å²) in [6.45, 7) is 4.81. The number of amides is 1. The van der Waals surface area contributed by atoms with E-state index in [1.54, 1.807) is 11.0 Å². The molecule has 2 aliphatic heterocycles. The van der Waals surface area contributed by atoms with E-state index in [9.17, 15) is 4.79 Å². The van der Waals surface area contributed by atoms with Crippen molar-refractivity contribution in [3.8, 4) is 0 Å². The number of carbonyl (C=O) groups is 1. The number of aliphatic imine (C=N–C) groups is 1. The quantitative estimate of drug-likeness (QED) is 0.626. The van der Waals surface area contributed by atoms with Gasteiger partial charge in [-0.2, -0.15) is 0 Å². The molecule has 1 fully saturated rings. The highest BCUT2D eigenvalue weighted by atomic mass is 16.5. The van der Waals surface area contributed by atoms with Crippen LogP contribution in [0.3, 0.4) is 0 Å². The highest BCUT2D eigenvalue weighted by molar-refractivity contribution is 6.04. The lowest BCUT2D eigenvalue weighted by Crippen LogP contribution is -2.43. The number of ether oxygens (including phenoxy) is 1. The molecular weight excluding hydrogens is 232 g/mol. The van der Waals surface area contributed by atoms with Crippen LogP contribution in [0.15, 0.2) is 16.8 Å². The Hall–Kier alpha value is -1.40. The fourth-order valence-electron chi connectivity index (χ4n) is 1.99. The fraction of sp³-hybridized carbons (Fsp3) is 0.667. The van der Waals surface area contributed by atoms with Crippen molar-refractivity contribution in [1.82, 2.24) is 10.2 Å². The van der Waals surface area contributed by atoms with Crippen molar-refractivity contribution in [1.29, 1.82) is 0 Å². The highest BCUT2D eigenvalue weighted by Crippen LogP contribution is 2.02.